The van der Waals surface area contributed by atoms with Gasteiger partial charge in [0.2, 0.25) is 0 Å². The second kappa shape index (κ2) is 7.92. The highest BCUT2D eigenvalue weighted by Crippen LogP contribution is 2.27. The first kappa shape index (κ1) is 20.3. The lowest BCUT2D eigenvalue weighted by Crippen LogP contribution is -2.05. The summed E-state index contributed by atoms with van der Waals surface area (Å²) in [5, 5.41) is 9.53. The van der Waals surface area contributed by atoms with Gasteiger partial charge in [0.05, 0.1) is 4.90 Å². The molecule has 150 valence electrons. The van der Waals surface area contributed by atoms with E-state index in [1.807, 2.05) is 24.3 Å². The standard InChI is InChI=1S/C18H14N2O3S.C3H6O2/c1-24(22,23)13-5-2-11(3-6-13)12-4-7-16-15(10-12)14-8-9-19-17(14)18(21)20-16;1-2-3(4)5/h2-10,19H,1H3,(H,20,21);2H2,1H3,(H,4,5). The lowest BCUT2D eigenvalue weighted by molar-refractivity contribution is -0.136. The number of sulfone groups is 1. The second-order valence-electron chi connectivity index (χ2n) is 6.52. The maximum atomic E-state index is 12.0. The molecule has 29 heavy (non-hydrogen) atoms. The molecule has 0 unspecified atom stereocenters. The fourth-order valence-electron chi connectivity index (χ4n) is 2.92. The Hall–Kier alpha value is -3.39. The monoisotopic (exact) mass is 412 g/mol. The van der Waals surface area contributed by atoms with Gasteiger partial charge in [-0.1, -0.05) is 25.1 Å². The number of benzene rings is 2. The number of carboxylic acid groups (broad SMARTS) is 1. The third-order valence-corrected chi connectivity index (χ3v) is 5.58. The summed E-state index contributed by atoms with van der Waals surface area (Å²) in [6.07, 6.45) is 3.16. The van der Waals surface area contributed by atoms with Gasteiger partial charge in [0.25, 0.3) is 5.56 Å². The van der Waals surface area contributed by atoms with Crippen LogP contribution in [0, 0.1) is 0 Å². The molecule has 0 aliphatic heterocycles. The first-order valence-electron chi connectivity index (χ1n) is 8.86. The van der Waals surface area contributed by atoms with Gasteiger partial charge in [0.15, 0.2) is 9.84 Å². The molecule has 7 nitrogen and oxygen atoms in total. The number of carboxylic acids is 1. The topological polar surface area (TPSA) is 120 Å². The van der Waals surface area contributed by atoms with Gasteiger partial charge < -0.3 is 15.1 Å². The first-order valence-corrected chi connectivity index (χ1v) is 10.7. The van der Waals surface area contributed by atoms with Gasteiger partial charge in [-0.3, -0.25) is 9.59 Å². The van der Waals surface area contributed by atoms with Crippen molar-refractivity contribution in [2.45, 2.75) is 18.2 Å². The van der Waals surface area contributed by atoms with E-state index in [-0.39, 0.29) is 12.0 Å². The second-order valence-corrected chi connectivity index (χ2v) is 8.54. The van der Waals surface area contributed by atoms with Crippen LogP contribution >= 0.6 is 0 Å². The van der Waals surface area contributed by atoms with Crippen molar-refractivity contribution in [3.63, 3.8) is 0 Å². The predicted molar refractivity (Wildman–Crippen MR) is 113 cm³/mol. The Morgan fingerprint density at radius 1 is 1.00 bits per heavy atom. The van der Waals surface area contributed by atoms with Crippen LogP contribution in [0.3, 0.4) is 0 Å². The van der Waals surface area contributed by atoms with E-state index in [9.17, 15) is 18.0 Å². The molecule has 0 atom stereocenters. The van der Waals surface area contributed by atoms with Crippen LogP contribution < -0.4 is 5.56 Å². The molecule has 2 aromatic carbocycles. The fraction of sp³-hybridized carbons (Fsp3) is 0.143. The van der Waals surface area contributed by atoms with Crippen LogP contribution in [0.1, 0.15) is 13.3 Å². The van der Waals surface area contributed by atoms with E-state index in [1.165, 1.54) is 6.26 Å². The number of rotatable bonds is 3. The lowest BCUT2D eigenvalue weighted by atomic mass is 10.0. The minimum atomic E-state index is -3.21. The van der Waals surface area contributed by atoms with E-state index in [2.05, 4.69) is 9.97 Å². The zero-order valence-electron chi connectivity index (χ0n) is 15.9. The van der Waals surface area contributed by atoms with E-state index in [1.54, 1.807) is 37.4 Å². The number of hydrogen-bond donors (Lipinski definition) is 3. The molecule has 0 aliphatic carbocycles. The number of nitrogens with one attached hydrogen (secondary N) is 2. The molecule has 2 aromatic heterocycles. The van der Waals surface area contributed by atoms with E-state index >= 15 is 0 Å². The minimum Gasteiger partial charge on any atom is -0.481 e. The van der Waals surface area contributed by atoms with Crippen LogP contribution in [-0.2, 0) is 14.6 Å². The van der Waals surface area contributed by atoms with E-state index < -0.39 is 15.8 Å². The molecule has 2 heterocycles. The number of aliphatic carboxylic acids is 1. The third kappa shape index (κ3) is 4.38. The molecular formula is C21H20N2O5S. The quantitative estimate of drug-likeness (QED) is 0.475. The van der Waals surface area contributed by atoms with Crippen molar-refractivity contribution in [1.82, 2.24) is 9.97 Å². The van der Waals surface area contributed by atoms with Gasteiger partial charge >= 0.3 is 5.97 Å². The molecule has 3 N–H and O–H groups in total. The van der Waals surface area contributed by atoms with Crippen LogP contribution in [0.5, 0.6) is 0 Å². The molecule has 4 aromatic rings. The molecule has 0 saturated carbocycles. The number of pyridine rings is 1. The molecule has 0 saturated heterocycles. The molecule has 0 radical (unpaired) electrons. The van der Waals surface area contributed by atoms with Gasteiger partial charge in [-0.15, -0.1) is 0 Å². The molecular weight excluding hydrogens is 392 g/mol. The molecule has 0 spiro atoms. The summed E-state index contributed by atoms with van der Waals surface area (Å²) in [4.78, 5) is 27.5. The van der Waals surface area contributed by atoms with Crippen LogP contribution in [-0.4, -0.2) is 35.7 Å². The maximum Gasteiger partial charge on any atom is 0.303 e. The van der Waals surface area contributed by atoms with Crippen molar-refractivity contribution in [3.8, 4) is 11.1 Å². The summed E-state index contributed by atoms with van der Waals surface area (Å²) >= 11 is 0. The lowest BCUT2D eigenvalue weighted by Gasteiger charge is -2.06. The predicted octanol–water partition coefficient (Wildman–Crippen LogP) is 3.56. The van der Waals surface area contributed by atoms with Crippen molar-refractivity contribution in [3.05, 3.63) is 65.1 Å². The number of H-pyrrole nitrogens is 2. The normalized spacial score (nSPS) is 11.2. The van der Waals surface area contributed by atoms with Gasteiger partial charge in [-0.25, -0.2) is 8.42 Å². The largest absolute Gasteiger partial charge is 0.481 e. The highest BCUT2D eigenvalue weighted by molar-refractivity contribution is 7.90. The Bertz CT molecular complexity index is 1350. The highest BCUT2D eigenvalue weighted by Gasteiger charge is 2.09. The zero-order valence-corrected chi connectivity index (χ0v) is 16.7. The Kier molecular flexibility index (Phi) is 5.56. The smallest absolute Gasteiger partial charge is 0.303 e. The SMILES string of the molecule is CCC(=O)O.CS(=O)(=O)c1ccc(-c2ccc3[nH]c(=O)c4[nH]ccc4c3c2)cc1. The molecule has 0 fully saturated rings. The number of fused-ring (bicyclic) bond motifs is 3. The fourth-order valence-corrected chi connectivity index (χ4v) is 3.55. The van der Waals surface area contributed by atoms with Crippen LogP contribution in [0.4, 0.5) is 0 Å². The van der Waals surface area contributed by atoms with E-state index in [4.69, 9.17) is 5.11 Å². The summed E-state index contributed by atoms with van der Waals surface area (Å²) in [6.45, 7) is 1.60. The van der Waals surface area contributed by atoms with Gasteiger partial charge in [0.1, 0.15) is 5.52 Å². The Labute approximate surface area is 166 Å². The van der Waals surface area contributed by atoms with E-state index in [0.717, 1.165) is 27.4 Å². The summed E-state index contributed by atoms with van der Waals surface area (Å²) < 4.78 is 23.1. The van der Waals surface area contributed by atoms with Crippen molar-refractivity contribution in [2.24, 2.45) is 0 Å². The van der Waals surface area contributed by atoms with Gasteiger partial charge in [0, 0.05) is 35.2 Å². The van der Waals surface area contributed by atoms with Crippen LogP contribution in [0.2, 0.25) is 0 Å². The average molecular weight is 412 g/mol. The van der Waals surface area contributed by atoms with Crippen LogP contribution in [0.25, 0.3) is 32.9 Å². The van der Waals surface area contributed by atoms with Crippen molar-refractivity contribution in [1.29, 1.82) is 0 Å². The summed E-state index contributed by atoms with van der Waals surface area (Å²) in [7, 11) is -3.21. The van der Waals surface area contributed by atoms with Crippen LogP contribution in [0.15, 0.2) is 64.4 Å². The van der Waals surface area contributed by atoms with Crippen molar-refractivity contribution >= 4 is 37.6 Å². The third-order valence-electron chi connectivity index (χ3n) is 4.45. The van der Waals surface area contributed by atoms with E-state index in [0.29, 0.717) is 10.4 Å². The van der Waals surface area contributed by atoms with Crippen molar-refractivity contribution in [2.75, 3.05) is 6.26 Å². The first-order chi connectivity index (χ1) is 13.7. The van der Waals surface area contributed by atoms with Gasteiger partial charge in [-0.2, -0.15) is 0 Å². The van der Waals surface area contributed by atoms with Gasteiger partial charge in [-0.05, 0) is 41.5 Å². The Morgan fingerprint density at radius 2 is 1.62 bits per heavy atom. The minimum absolute atomic E-state index is 0.146. The molecule has 0 aliphatic rings. The Morgan fingerprint density at radius 3 is 2.21 bits per heavy atom. The molecule has 4 rings (SSSR count). The maximum absolute atomic E-state index is 12.0. The average Bonchev–Trinajstić information content (AvgIpc) is 3.19. The zero-order chi connectivity index (χ0) is 21.2. The number of aromatic nitrogens is 2. The van der Waals surface area contributed by atoms with Crippen molar-refractivity contribution < 1.29 is 18.3 Å². The molecule has 0 bridgehead atoms. The summed E-state index contributed by atoms with van der Waals surface area (Å²) in [5.41, 5.74) is 3.04. The molecule has 0 amide bonds. The summed E-state index contributed by atoms with van der Waals surface area (Å²) in [5.74, 6) is -0.745. The highest BCUT2D eigenvalue weighted by atomic mass is 32.2. The molecule has 8 heteroatoms. The summed E-state index contributed by atoms with van der Waals surface area (Å²) in [6, 6.07) is 14.4. The number of hydrogen-bond acceptors (Lipinski definition) is 4. The number of aromatic amines is 2. The number of carbonyl (C=O) groups is 1. The Balaban J connectivity index is 0.000000431.